The predicted octanol–water partition coefficient (Wildman–Crippen LogP) is 3.29. The lowest BCUT2D eigenvalue weighted by Crippen LogP contribution is -2.41. The molecule has 0 atom stereocenters. The van der Waals surface area contributed by atoms with Crippen LogP contribution in [0, 0.1) is 0 Å². The van der Waals surface area contributed by atoms with Crippen LogP contribution in [0.4, 0.5) is 13.2 Å². The Labute approximate surface area is 154 Å². The van der Waals surface area contributed by atoms with Gasteiger partial charge in [0.05, 0.1) is 11.6 Å². The highest BCUT2D eigenvalue weighted by Gasteiger charge is 2.33. The number of thiazole rings is 1. The SMILES string of the molecule is CN=C(NCCc1nc(C(F)(F)F)cs1)N(C)CCOc1ccccc1. The molecule has 0 aliphatic rings. The summed E-state index contributed by atoms with van der Waals surface area (Å²) in [5, 5.41) is 4.60. The summed E-state index contributed by atoms with van der Waals surface area (Å²) >= 11 is 1.01. The molecule has 9 heteroatoms. The van der Waals surface area contributed by atoms with E-state index >= 15 is 0 Å². The first-order chi connectivity index (χ1) is 12.4. The number of rotatable bonds is 7. The number of hydrogen-bond donors (Lipinski definition) is 1. The summed E-state index contributed by atoms with van der Waals surface area (Å²) < 4.78 is 43.3. The van der Waals surface area contributed by atoms with Gasteiger partial charge in [-0.15, -0.1) is 11.3 Å². The molecule has 5 nitrogen and oxygen atoms in total. The molecule has 0 spiro atoms. The van der Waals surface area contributed by atoms with Crippen LogP contribution in [0.5, 0.6) is 5.75 Å². The first-order valence-corrected chi connectivity index (χ1v) is 8.89. The van der Waals surface area contributed by atoms with Crippen molar-refractivity contribution in [2.75, 3.05) is 33.8 Å². The van der Waals surface area contributed by atoms with Gasteiger partial charge in [0.2, 0.25) is 0 Å². The van der Waals surface area contributed by atoms with Crippen molar-refractivity contribution in [3.63, 3.8) is 0 Å². The molecule has 1 N–H and O–H groups in total. The third-order valence-corrected chi connectivity index (χ3v) is 4.38. The van der Waals surface area contributed by atoms with Gasteiger partial charge in [-0.25, -0.2) is 4.98 Å². The van der Waals surface area contributed by atoms with Gasteiger partial charge in [-0.05, 0) is 12.1 Å². The number of hydrogen-bond acceptors (Lipinski definition) is 4. The minimum atomic E-state index is -4.39. The first-order valence-electron chi connectivity index (χ1n) is 8.01. The number of likely N-dealkylation sites (N-methyl/N-ethyl adjacent to an activating group) is 1. The minimum Gasteiger partial charge on any atom is -0.492 e. The molecule has 0 fully saturated rings. The lowest BCUT2D eigenvalue weighted by atomic mass is 10.3. The summed E-state index contributed by atoms with van der Waals surface area (Å²) in [4.78, 5) is 9.68. The van der Waals surface area contributed by atoms with Crippen LogP contribution in [0.15, 0.2) is 40.7 Å². The predicted molar refractivity (Wildman–Crippen MR) is 96.7 cm³/mol. The quantitative estimate of drug-likeness (QED) is 0.586. The lowest BCUT2D eigenvalue weighted by Gasteiger charge is -2.22. The van der Waals surface area contributed by atoms with Crippen LogP contribution < -0.4 is 10.1 Å². The third-order valence-electron chi connectivity index (χ3n) is 3.48. The van der Waals surface area contributed by atoms with Gasteiger partial charge in [0.25, 0.3) is 0 Å². The van der Waals surface area contributed by atoms with Crippen molar-refractivity contribution in [3.8, 4) is 5.75 Å². The summed E-state index contributed by atoms with van der Waals surface area (Å²) in [5.74, 6) is 1.45. The summed E-state index contributed by atoms with van der Waals surface area (Å²) in [7, 11) is 3.52. The average molecular weight is 386 g/mol. The van der Waals surface area contributed by atoms with E-state index in [1.165, 1.54) is 0 Å². The molecular formula is C17H21F3N4OS. The van der Waals surface area contributed by atoms with Crippen LogP contribution >= 0.6 is 11.3 Å². The van der Waals surface area contributed by atoms with E-state index < -0.39 is 11.9 Å². The normalized spacial score (nSPS) is 12.1. The van der Waals surface area contributed by atoms with Crippen molar-refractivity contribution in [2.45, 2.75) is 12.6 Å². The van der Waals surface area contributed by atoms with Gasteiger partial charge in [0.15, 0.2) is 11.7 Å². The number of para-hydroxylation sites is 1. The topological polar surface area (TPSA) is 49.8 Å². The van der Waals surface area contributed by atoms with Gasteiger partial charge >= 0.3 is 6.18 Å². The standard InChI is InChI=1S/C17H21F3N4OS/c1-21-16(24(2)10-11-25-13-6-4-3-5-7-13)22-9-8-15-23-14(12-26-15)17(18,19)20/h3-7,12H,8-11H2,1-2H3,(H,21,22). The second-order valence-corrected chi connectivity index (χ2v) is 6.37. The summed E-state index contributed by atoms with van der Waals surface area (Å²) in [6, 6.07) is 9.50. The molecule has 0 saturated heterocycles. The molecule has 2 rings (SSSR count). The number of ether oxygens (including phenoxy) is 1. The molecule has 0 unspecified atom stereocenters. The van der Waals surface area contributed by atoms with E-state index in [0.29, 0.717) is 37.1 Å². The summed E-state index contributed by atoms with van der Waals surface area (Å²) in [6.45, 7) is 1.55. The molecule has 142 valence electrons. The number of halogens is 3. The molecule has 0 saturated carbocycles. The van der Waals surface area contributed by atoms with E-state index in [4.69, 9.17) is 4.74 Å². The Morgan fingerprint density at radius 3 is 2.65 bits per heavy atom. The van der Waals surface area contributed by atoms with Gasteiger partial charge in [0, 0.05) is 32.4 Å². The van der Waals surface area contributed by atoms with E-state index in [-0.39, 0.29) is 0 Å². The van der Waals surface area contributed by atoms with Crippen LogP contribution in [0.3, 0.4) is 0 Å². The average Bonchev–Trinajstić information content (AvgIpc) is 3.09. The largest absolute Gasteiger partial charge is 0.492 e. The van der Waals surface area contributed by atoms with Crippen LogP contribution in [0.25, 0.3) is 0 Å². The Morgan fingerprint density at radius 2 is 2.04 bits per heavy atom. The van der Waals surface area contributed by atoms with Crippen LogP contribution in [0.2, 0.25) is 0 Å². The minimum absolute atomic E-state index is 0.397. The van der Waals surface area contributed by atoms with Crippen molar-refractivity contribution in [1.82, 2.24) is 15.2 Å². The van der Waals surface area contributed by atoms with E-state index in [2.05, 4.69) is 15.3 Å². The number of guanidine groups is 1. The Bertz CT molecular complexity index is 704. The second-order valence-electron chi connectivity index (χ2n) is 5.43. The van der Waals surface area contributed by atoms with Gasteiger partial charge in [-0.1, -0.05) is 18.2 Å². The smallest absolute Gasteiger partial charge is 0.434 e. The van der Waals surface area contributed by atoms with Crippen LogP contribution in [-0.4, -0.2) is 49.6 Å². The highest BCUT2D eigenvalue weighted by Crippen LogP contribution is 2.29. The number of nitrogens with zero attached hydrogens (tertiary/aromatic N) is 3. The van der Waals surface area contributed by atoms with E-state index in [1.54, 1.807) is 7.05 Å². The molecule has 1 aromatic carbocycles. The number of alkyl halides is 3. The second kappa shape index (κ2) is 9.42. The maximum absolute atomic E-state index is 12.5. The number of aromatic nitrogens is 1. The Hall–Kier alpha value is -2.29. The summed E-state index contributed by atoms with van der Waals surface area (Å²) in [5.41, 5.74) is -0.836. The molecule has 0 aliphatic heterocycles. The van der Waals surface area contributed by atoms with Gasteiger partial charge in [-0.3, -0.25) is 4.99 Å². The maximum Gasteiger partial charge on any atom is 0.434 e. The van der Waals surface area contributed by atoms with E-state index in [9.17, 15) is 13.2 Å². The van der Waals surface area contributed by atoms with Crippen molar-refractivity contribution >= 4 is 17.3 Å². The highest BCUT2D eigenvalue weighted by atomic mass is 32.1. The molecule has 0 amide bonds. The van der Waals surface area contributed by atoms with Crippen molar-refractivity contribution in [1.29, 1.82) is 0 Å². The molecule has 1 aromatic heterocycles. The molecule has 0 radical (unpaired) electrons. The Kier molecular flexibility index (Phi) is 7.26. The fraction of sp³-hybridized carbons (Fsp3) is 0.412. The number of nitrogens with one attached hydrogen (secondary N) is 1. The summed E-state index contributed by atoms with van der Waals surface area (Å²) in [6.07, 6.45) is -3.99. The Morgan fingerprint density at radius 1 is 1.31 bits per heavy atom. The number of benzene rings is 1. The van der Waals surface area contributed by atoms with Crippen molar-refractivity contribution in [3.05, 3.63) is 46.4 Å². The third kappa shape index (κ3) is 6.21. The lowest BCUT2D eigenvalue weighted by molar-refractivity contribution is -0.140. The van der Waals surface area contributed by atoms with Gasteiger partial charge in [-0.2, -0.15) is 13.2 Å². The van der Waals surface area contributed by atoms with E-state index in [1.807, 2.05) is 42.3 Å². The zero-order chi connectivity index (χ0) is 19.0. The van der Waals surface area contributed by atoms with Crippen molar-refractivity contribution in [2.24, 2.45) is 4.99 Å². The molecule has 26 heavy (non-hydrogen) atoms. The van der Waals surface area contributed by atoms with Crippen molar-refractivity contribution < 1.29 is 17.9 Å². The van der Waals surface area contributed by atoms with Crippen LogP contribution in [0.1, 0.15) is 10.7 Å². The van der Waals surface area contributed by atoms with E-state index in [0.717, 1.165) is 22.5 Å². The first kappa shape index (κ1) is 20.0. The Balaban J connectivity index is 1.73. The van der Waals surface area contributed by atoms with Crippen LogP contribution in [-0.2, 0) is 12.6 Å². The molecule has 0 aliphatic carbocycles. The zero-order valence-electron chi connectivity index (χ0n) is 14.6. The molecule has 1 heterocycles. The maximum atomic E-state index is 12.5. The van der Waals surface area contributed by atoms with Gasteiger partial charge in [0.1, 0.15) is 12.4 Å². The molecular weight excluding hydrogens is 365 g/mol. The number of aliphatic imine (C=N–C) groups is 1. The highest BCUT2D eigenvalue weighted by molar-refractivity contribution is 7.09. The fourth-order valence-electron chi connectivity index (χ4n) is 2.14. The van der Waals surface area contributed by atoms with Gasteiger partial charge < -0.3 is 15.0 Å². The fourth-order valence-corrected chi connectivity index (χ4v) is 2.95. The molecule has 2 aromatic rings. The molecule has 0 bridgehead atoms. The monoisotopic (exact) mass is 386 g/mol. The zero-order valence-corrected chi connectivity index (χ0v) is 15.4.